The van der Waals surface area contributed by atoms with Crippen LogP contribution in [-0.2, 0) is 7.05 Å². The Morgan fingerprint density at radius 1 is 1.15 bits per heavy atom. The van der Waals surface area contributed by atoms with Gasteiger partial charge in [-0.25, -0.2) is 5.84 Å². The molecule has 0 spiro atoms. The van der Waals surface area contributed by atoms with Crippen LogP contribution in [0.15, 0.2) is 12.3 Å². The molecule has 106 valence electrons. The van der Waals surface area contributed by atoms with Crippen molar-refractivity contribution in [3.05, 3.63) is 12.3 Å². The fourth-order valence-electron chi connectivity index (χ4n) is 2.14. The molecular formula is C11H17N9. The molecule has 2 aromatic rings. The summed E-state index contributed by atoms with van der Waals surface area (Å²) in [6.45, 7) is 1.91. The molecule has 3 heterocycles. The molecule has 0 saturated carbocycles. The minimum atomic E-state index is 0.334. The summed E-state index contributed by atoms with van der Waals surface area (Å²) in [5.74, 6) is 7.48. The smallest absolute Gasteiger partial charge is 0.243 e. The third kappa shape index (κ3) is 2.62. The van der Waals surface area contributed by atoms with Gasteiger partial charge in [0.2, 0.25) is 17.8 Å². The highest BCUT2D eigenvalue weighted by Gasteiger charge is 2.17. The van der Waals surface area contributed by atoms with Crippen LogP contribution in [-0.4, -0.2) is 37.8 Å². The average Bonchev–Trinajstić information content (AvgIpc) is 3.10. The lowest BCUT2D eigenvalue weighted by Crippen LogP contribution is -2.23. The maximum Gasteiger partial charge on any atom is 0.243 e. The Balaban J connectivity index is 1.87. The molecule has 0 aromatic carbocycles. The van der Waals surface area contributed by atoms with Gasteiger partial charge >= 0.3 is 0 Å². The van der Waals surface area contributed by atoms with E-state index in [1.165, 1.54) is 0 Å². The molecule has 9 nitrogen and oxygen atoms in total. The first-order chi connectivity index (χ1) is 9.74. The molecule has 20 heavy (non-hydrogen) atoms. The summed E-state index contributed by atoms with van der Waals surface area (Å²) in [7, 11) is 1.85. The zero-order valence-corrected chi connectivity index (χ0v) is 11.2. The number of hydrogen-bond acceptors (Lipinski definition) is 8. The molecule has 4 N–H and O–H groups in total. The number of aromatic nitrogens is 5. The van der Waals surface area contributed by atoms with E-state index in [9.17, 15) is 0 Å². The molecule has 9 heteroatoms. The molecule has 0 atom stereocenters. The van der Waals surface area contributed by atoms with E-state index in [1.54, 1.807) is 4.68 Å². The molecule has 0 bridgehead atoms. The summed E-state index contributed by atoms with van der Waals surface area (Å²) in [5.41, 5.74) is 2.47. The van der Waals surface area contributed by atoms with Crippen molar-refractivity contribution in [1.29, 1.82) is 0 Å². The van der Waals surface area contributed by atoms with Crippen LogP contribution in [0.1, 0.15) is 12.8 Å². The second-order valence-corrected chi connectivity index (χ2v) is 4.62. The SMILES string of the molecule is Cn1ccc(Nc2nc(NN)nc(N3CCCC3)n2)n1. The monoisotopic (exact) mass is 275 g/mol. The Bertz CT molecular complexity index is 587. The lowest BCUT2D eigenvalue weighted by molar-refractivity contribution is 0.770. The van der Waals surface area contributed by atoms with Crippen molar-refractivity contribution in [2.45, 2.75) is 12.8 Å². The van der Waals surface area contributed by atoms with E-state index in [4.69, 9.17) is 5.84 Å². The molecule has 1 fully saturated rings. The zero-order valence-electron chi connectivity index (χ0n) is 11.2. The second kappa shape index (κ2) is 5.29. The van der Waals surface area contributed by atoms with Crippen molar-refractivity contribution >= 4 is 23.7 Å². The van der Waals surface area contributed by atoms with Crippen molar-refractivity contribution in [1.82, 2.24) is 24.7 Å². The molecule has 0 aliphatic carbocycles. The number of hydrazine groups is 1. The van der Waals surface area contributed by atoms with Crippen LogP contribution in [0.3, 0.4) is 0 Å². The summed E-state index contributed by atoms with van der Waals surface area (Å²) >= 11 is 0. The number of nitrogens with zero attached hydrogens (tertiary/aromatic N) is 6. The zero-order chi connectivity index (χ0) is 13.9. The first-order valence-corrected chi connectivity index (χ1v) is 6.49. The van der Waals surface area contributed by atoms with E-state index in [2.05, 4.69) is 35.7 Å². The molecule has 0 unspecified atom stereocenters. The summed E-state index contributed by atoms with van der Waals surface area (Å²) in [5, 5.41) is 7.28. The topological polar surface area (TPSA) is 110 Å². The number of hydrogen-bond donors (Lipinski definition) is 3. The number of anilines is 4. The van der Waals surface area contributed by atoms with Crippen LogP contribution in [0.5, 0.6) is 0 Å². The molecule has 1 saturated heterocycles. The minimum Gasteiger partial charge on any atom is -0.341 e. The predicted octanol–water partition coefficient (Wildman–Crippen LogP) is 0.234. The van der Waals surface area contributed by atoms with Crippen molar-refractivity contribution in [2.75, 3.05) is 28.7 Å². The van der Waals surface area contributed by atoms with Crippen LogP contribution < -0.4 is 21.5 Å². The Hall–Kier alpha value is -2.42. The van der Waals surface area contributed by atoms with Crippen LogP contribution in [0.2, 0.25) is 0 Å². The van der Waals surface area contributed by atoms with Gasteiger partial charge in [-0.15, -0.1) is 0 Å². The highest BCUT2D eigenvalue weighted by molar-refractivity contribution is 5.51. The maximum atomic E-state index is 5.41. The fraction of sp³-hybridized carbons (Fsp3) is 0.455. The van der Waals surface area contributed by atoms with E-state index < -0.39 is 0 Å². The molecule has 0 radical (unpaired) electrons. The third-order valence-corrected chi connectivity index (χ3v) is 3.10. The Morgan fingerprint density at radius 2 is 1.90 bits per heavy atom. The lowest BCUT2D eigenvalue weighted by atomic mass is 10.4. The molecule has 2 aromatic heterocycles. The van der Waals surface area contributed by atoms with Crippen molar-refractivity contribution in [3.63, 3.8) is 0 Å². The first kappa shape index (κ1) is 12.6. The van der Waals surface area contributed by atoms with Crippen LogP contribution >= 0.6 is 0 Å². The van der Waals surface area contributed by atoms with Crippen LogP contribution in [0, 0.1) is 0 Å². The molecule has 3 rings (SSSR count). The van der Waals surface area contributed by atoms with Gasteiger partial charge in [-0.1, -0.05) is 0 Å². The summed E-state index contributed by atoms with van der Waals surface area (Å²) in [4.78, 5) is 15.0. The summed E-state index contributed by atoms with van der Waals surface area (Å²) in [6, 6.07) is 1.84. The lowest BCUT2D eigenvalue weighted by Gasteiger charge is -2.16. The van der Waals surface area contributed by atoms with E-state index in [0.29, 0.717) is 23.7 Å². The number of aryl methyl sites for hydroxylation is 1. The van der Waals surface area contributed by atoms with Gasteiger partial charge in [0.1, 0.15) is 0 Å². The van der Waals surface area contributed by atoms with Gasteiger partial charge in [0.15, 0.2) is 5.82 Å². The Kier molecular flexibility index (Phi) is 3.33. The van der Waals surface area contributed by atoms with Crippen LogP contribution in [0.25, 0.3) is 0 Å². The fourth-order valence-corrected chi connectivity index (χ4v) is 2.14. The minimum absolute atomic E-state index is 0.334. The largest absolute Gasteiger partial charge is 0.341 e. The molecular weight excluding hydrogens is 258 g/mol. The third-order valence-electron chi connectivity index (χ3n) is 3.10. The quantitative estimate of drug-likeness (QED) is 0.537. The van der Waals surface area contributed by atoms with Crippen LogP contribution in [0.4, 0.5) is 23.7 Å². The predicted molar refractivity (Wildman–Crippen MR) is 75.6 cm³/mol. The Labute approximate surface area is 116 Å². The maximum absolute atomic E-state index is 5.41. The van der Waals surface area contributed by atoms with Crippen molar-refractivity contribution in [3.8, 4) is 0 Å². The van der Waals surface area contributed by atoms with Gasteiger partial charge < -0.3 is 10.2 Å². The van der Waals surface area contributed by atoms with E-state index in [1.807, 2.05) is 19.3 Å². The molecule has 1 aliphatic heterocycles. The average molecular weight is 275 g/mol. The van der Waals surface area contributed by atoms with E-state index in [-0.39, 0.29) is 0 Å². The summed E-state index contributed by atoms with van der Waals surface area (Å²) in [6.07, 6.45) is 4.15. The van der Waals surface area contributed by atoms with Gasteiger partial charge in [0.25, 0.3) is 0 Å². The van der Waals surface area contributed by atoms with E-state index in [0.717, 1.165) is 25.9 Å². The number of nitrogens with two attached hydrogens (primary N) is 1. The standard InChI is InChI=1S/C11H17N9/c1-19-7-4-8(18-19)13-9-14-10(17-12)16-11(15-9)20-5-2-3-6-20/h4,7H,2-3,5-6,12H2,1H3,(H2,13,14,15,16,17,18). The highest BCUT2D eigenvalue weighted by atomic mass is 15.4. The van der Waals surface area contributed by atoms with E-state index >= 15 is 0 Å². The summed E-state index contributed by atoms with van der Waals surface area (Å²) < 4.78 is 1.70. The van der Waals surface area contributed by atoms with Gasteiger partial charge in [0, 0.05) is 32.4 Å². The normalized spacial score (nSPS) is 14.6. The first-order valence-electron chi connectivity index (χ1n) is 6.49. The van der Waals surface area contributed by atoms with Gasteiger partial charge in [0.05, 0.1) is 0 Å². The number of nitrogens with one attached hydrogen (secondary N) is 2. The molecule has 0 amide bonds. The second-order valence-electron chi connectivity index (χ2n) is 4.62. The van der Waals surface area contributed by atoms with Crippen molar-refractivity contribution < 1.29 is 0 Å². The molecule has 1 aliphatic rings. The number of rotatable bonds is 4. The number of nitrogen functional groups attached to an aromatic ring is 1. The Morgan fingerprint density at radius 3 is 2.55 bits per heavy atom. The van der Waals surface area contributed by atoms with Gasteiger partial charge in [-0.3, -0.25) is 10.1 Å². The van der Waals surface area contributed by atoms with Crippen molar-refractivity contribution in [2.24, 2.45) is 12.9 Å². The van der Waals surface area contributed by atoms with Gasteiger partial charge in [-0.05, 0) is 12.8 Å². The highest BCUT2D eigenvalue weighted by Crippen LogP contribution is 2.19. The van der Waals surface area contributed by atoms with Gasteiger partial charge in [-0.2, -0.15) is 20.1 Å².